The number of alkyl halides is 3. The van der Waals surface area contributed by atoms with Crippen molar-refractivity contribution in [3.05, 3.63) is 113 Å². The quantitative estimate of drug-likeness (QED) is 0.183. The fraction of sp³-hybridized carbons (Fsp3) is 0.216. The van der Waals surface area contributed by atoms with Gasteiger partial charge in [0.2, 0.25) is 10.0 Å². The summed E-state index contributed by atoms with van der Waals surface area (Å²) in [7, 11) is -0.717. The maximum Gasteiger partial charge on any atom is 0.416 e. The summed E-state index contributed by atoms with van der Waals surface area (Å²) in [6.07, 6.45) is -1.46. The number of carbonyl (C=O) groups is 1. The van der Waals surface area contributed by atoms with Gasteiger partial charge in [0, 0.05) is 54.9 Å². The van der Waals surface area contributed by atoms with E-state index < -0.39 is 21.8 Å². The maximum absolute atomic E-state index is 13.3. The van der Waals surface area contributed by atoms with Gasteiger partial charge in [0.1, 0.15) is 11.3 Å². The van der Waals surface area contributed by atoms with Gasteiger partial charge in [-0.05, 0) is 53.8 Å². The third-order valence-electron chi connectivity index (χ3n) is 8.13. The first-order valence-corrected chi connectivity index (χ1v) is 17.2. The van der Waals surface area contributed by atoms with Gasteiger partial charge in [-0.25, -0.2) is 8.42 Å². The highest BCUT2D eigenvalue weighted by Gasteiger charge is 2.30. The van der Waals surface area contributed by atoms with Crippen molar-refractivity contribution in [2.45, 2.75) is 33.5 Å². The summed E-state index contributed by atoms with van der Waals surface area (Å²) in [6, 6.07) is 23.6. The van der Waals surface area contributed by atoms with E-state index in [2.05, 4.69) is 5.32 Å². The molecule has 6 rings (SSSR count). The number of hydrogen-bond donors (Lipinski definition) is 1. The van der Waals surface area contributed by atoms with Crippen molar-refractivity contribution in [2.24, 2.45) is 0 Å². The van der Waals surface area contributed by atoms with Crippen molar-refractivity contribution in [1.82, 2.24) is 9.88 Å². The van der Waals surface area contributed by atoms with Crippen LogP contribution in [0.3, 0.4) is 0 Å². The van der Waals surface area contributed by atoms with E-state index in [9.17, 15) is 26.4 Å². The Bertz CT molecular complexity index is 2220. The molecule has 1 amide bonds. The Hall–Kier alpha value is -5.03. The second kappa shape index (κ2) is 13.2. The molecule has 0 unspecified atom stereocenters. The minimum atomic E-state index is -4.42. The number of benzene rings is 4. The summed E-state index contributed by atoms with van der Waals surface area (Å²) in [5.74, 6) is 0.00527. The fourth-order valence-corrected chi connectivity index (χ4v) is 6.05. The van der Waals surface area contributed by atoms with Crippen molar-refractivity contribution >= 4 is 43.5 Å². The van der Waals surface area contributed by atoms with Crippen LogP contribution in [0.4, 0.5) is 18.9 Å². The maximum atomic E-state index is 13.3. The number of carbonyl (C=O) groups excluding carboxylic acids is 1. The molecule has 6 aromatic rings. The van der Waals surface area contributed by atoms with Crippen LogP contribution in [0.5, 0.6) is 0 Å². The Morgan fingerprint density at radius 2 is 1.56 bits per heavy atom. The van der Waals surface area contributed by atoms with Gasteiger partial charge in [0.25, 0.3) is 5.91 Å². The van der Waals surface area contributed by atoms with Crippen molar-refractivity contribution in [1.29, 1.82) is 0 Å². The number of nitrogens with one attached hydrogen (secondary N) is 1. The molecule has 0 fully saturated rings. The normalized spacial score (nSPS) is 11.8. The monoisotopic (exact) mass is 675 g/mol. The Kier molecular flexibility index (Phi) is 9.46. The second-order valence-electron chi connectivity index (χ2n) is 11.3. The van der Waals surface area contributed by atoms with Crippen molar-refractivity contribution in [3.8, 4) is 22.5 Å². The Morgan fingerprint density at radius 3 is 2.17 bits per heavy atom. The molecule has 2 heterocycles. The van der Waals surface area contributed by atoms with Crippen LogP contribution in [0.2, 0.25) is 0 Å². The van der Waals surface area contributed by atoms with Crippen LogP contribution in [-0.2, 0) is 22.7 Å². The smallest absolute Gasteiger partial charge is 0.416 e. The van der Waals surface area contributed by atoms with Gasteiger partial charge in [0.05, 0.1) is 23.1 Å². The average molecular weight is 676 g/mol. The Labute approximate surface area is 277 Å². The van der Waals surface area contributed by atoms with Crippen LogP contribution < -0.4 is 9.62 Å². The van der Waals surface area contributed by atoms with Crippen molar-refractivity contribution in [3.63, 3.8) is 0 Å². The molecule has 0 aliphatic heterocycles. The highest BCUT2D eigenvalue weighted by Crippen LogP contribution is 2.42. The molecule has 4 aromatic carbocycles. The molecule has 0 spiro atoms. The number of fused-ring (bicyclic) bond motifs is 2. The molecule has 11 heteroatoms. The molecule has 0 saturated carbocycles. The minimum absolute atomic E-state index is 0.322. The van der Waals surface area contributed by atoms with Gasteiger partial charge >= 0.3 is 6.18 Å². The Balaban J connectivity index is 0.00000221. The number of anilines is 1. The molecule has 0 bridgehead atoms. The summed E-state index contributed by atoms with van der Waals surface area (Å²) < 4.78 is 74.2. The van der Waals surface area contributed by atoms with E-state index in [0.29, 0.717) is 56.8 Å². The van der Waals surface area contributed by atoms with Gasteiger partial charge < -0.3 is 14.3 Å². The summed E-state index contributed by atoms with van der Waals surface area (Å²) >= 11 is 0. The van der Waals surface area contributed by atoms with Gasteiger partial charge in [-0.15, -0.1) is 0 Å². The lowest BCUT2D eigenvalue weighted by atomic mass is 9.97. The lowest BCUT2D eigenvalue weighted by molar-refractivity contribution is -0.137. The molecule has 48 heavy (non-hydrogen) atoms. The van der Waals surface area contributed by atoms with E-state index in [-0.39, 0.29) is 5.91 Å². The van der Waals surface area contributed by atoms with Crippen LogP contribution >= 0.6 is 0 Å². The van der Waals surface area contributed by atoms with Crippen LogP contribution in [0.1, 0.15) is 40.9 Å². The number of aryl methyl sites for hydroxylation is 1. The summed E-state index contributed by atoms with van der Waals surface area (Å²) in [5.41, 5.74) is 4.74. The zero-order valence-electron chi connectivity index (χ0n) is 27.4. The van der Waals surface area contributed by atoms with E-state index >= 15 is 0 Å². The summed E-state index contributed by atoms with van der Waals surface area (Å²) in [6.45, 7) is 6.28. The van der Waals surface area contributed by atoms with Crippen LogP contribution in [-0.4, -0.2) is 39.2 Å². The van der Waals surface area contributed by atoms with E-state index in [1.165, 1.54) is 30.5 Å². The minimum Gasteiger partial charge on any atom is -0.455 e. The number of nitrogens with zero attached hydrogens (tertiary/aromatic N) is 2. The molecule has 0 atom stereocenters. The van der Waals surface area contributed by atoms with E-state index in [4.69, 9.17) is 4.42 Å². The van der Waals surface area contributed by atoms with E-state index in [1.54, 1.807) is 12.1 Å². The number of rotatable bonds is 7. The lowest BCUT2D eigenvalue weighted by Crippen LogP contribution is -2.25. The first-order valence-electron chi connectivity index (χ1n) is 15.3. The molecule has 0 aliphatic carbocycles. The number of amides is 1. The molecule has 1 N–H and O–H groups in total. The second-order valence-corrected chi connectivity index (χ2v) is 13.3. The molecule has 0 aliphatic rings. The summed E-state index contributed by atoms with van der Waals surface area (Å²) in [5, 5.41) is 4.10. The number of furan rings is 1. The van der Waals surface area contributed by atoms with Gasteiger partial charge in [-0.1, -0.05) is 67.9 Å². The average Bonchev–Trinajstić information content (AvgIpc) is 3.64. The third-order valence-corrected chi connectivity index (χ3v) is 9.32. The van der Waals surface area contributed by atoms with E-state index in [1.807, 2.05) is 80.1 Å². The third kappa shape index (κ3) is 6.68. The standard InChI is InChI=1S/C35H30F3N3O4S.C2H6/c1-21-5-9-24(10-6-21)33-32(34(42)39-2)28-18-27(30(19-31(28)45-33)40(3)46(4,43)44)25-12-11-23-15-16-41(29(23)17-25)20-22-7-13-26(14-8-22)35(36,37)38;1-2/h5-19H,20H2,1-4H3,(H,39,42);1-2H3. The molecule has 250 valence electrons. The number of aromatic nitrogens is 1. The molecule has 0 radical (unpaired) electrons. The highest BCUT2D eigenvalue weighted by molar-refractivity contribution is 7.92. The predicted octanol–water partition coefficient (Wildman–Crippen LogP) is 8.88. The van der Waals surface area contributed by atoms with Crippen LogP contribution in [0.15, 0.2) is 95.5 Å². The Morgan fingerprint density at radius 1 is 0.917 bits per heavy atom. The van der Waals surface area contributed by atoms with Gasteiger partial charge in [0.15, 0.2) is 0 Å². The molecule has 2 aromatic heterocycles. The SMILES string of the molecule is CC.CNC(=O)c1c(-c2ccc(C)cc2)oc2cc(N(C)S(C)(=O)=O)c(-c3ccc4ccn(Cc5ccc(C(F)(F)F)cc5)c4c3)cc12. The molecule has 7 nitrogen and oxygen atoms in total. The van der Waals surface area contributed by atoms with Crippen molar-refractivity contribution in [2.75, 3.05) is 24.7 Å². The molecular weight excluding hydrogens is 639 g/mol. The van der Waals surface area contributed by atoms with Gasteiger partial charge in [-0.2, -0.15) is 13.2 Å². The first-order chi connectivity index (χ1) is 22.7. The first kappa shape index (κ1) is 34.3. The van der Waals surface area contributed by atoms with Crippen LogP contribution in [0.25, 0.3) is 44.3 Å². The summed E-state index contributed by atoms with van der Waals surface area (Å²) in [4.78, 5) is 13.3. The number of sulfonamides is 1. The topological polar surface area (TPSA) is 84.6 Å². The number of halogens is 3. The lowest BCUT2D eigenvalue weighted by Gasteiger charge is -2.21. The fourth-order valence-electron chi connectivity index (χ4n) is 5.55. The van der Waals surface area contributed by atoms with Gasteiger partial charge in [-0.3, -0.25) is 9.10 Å². The molecule has 0 saturated heterocycles. The predicted molar refractivity (Wildman–Crippen MR) is 186 cm³/mol. The van der Waals surface area contributed by atoms with E-state index in [0.717, 1.165) is 34.9 Å². The highest BCUT2D eigenvalue weighted by atomic mass is 32.2. The molecular formula is C37H36F3N3O4S. The largest absolute Gasteiger partial charge is 0.455 e. The van der Waals surface area contributed by atoms with Crippen LogP contribution in [0, 0.1) is 6.92 Å². The zero-order valence-corrected chi connectivity index (χ0v) is 28.3. The van der Waals surface area contributed by atoms with Crippen molar-refractivity contribution < 1.29 is 30.8 Å². The number of hydrogen-bond acceptors (Lipinski definition) is 4. The zero-order chi connectivity index (χ0) is 35.0.